The fourth-order valence-electron chi connectivity index (χ4n) is 2.27. The number of sulfonamides is 1. The smallest absolute Gasteiger partial charge is 0.237 e. The van der Waals surface area contributed by atoms with E-state index in [0.29, 0.717) is 6.54 Å². The molecule has 1 heterocycles. The Balaban J connectivity index is 2.59. The maximum atomic E-state index is 12.2. The number of carbonyl (C=O) groups excluding carboxylic acids is 1. The molecule has 0 bridgehead atoms. The average Bonchev–Trinajstić information content (AvgIpc) is 2.61. The van der Waals surface area contributed by atoms with Gasteiger partial charge in [0.25, 0.3) is 0 Å². The van der Waals surface area contributed by atoms with Gasteiger partial charge in [0, 0.05) is 19.6 Å². The van der Waals surface area contributed by atoms with Crippen LogP contribution in [0.1, 0.15) is 45.4 Å². The molecule has 1 amide bonds. The molecule has 112 valence electrons. The second kappa shape index (κ2) is 7.85. The normalized spacial score (nSPS) is 17.5. The minimum Gasteiger partial charge on any atom is -0.342 e. The van der Waals surface area contributed by atoms with E-state index in [0.717, 1.165) is 51.6 Å². The lowest BCUT2D eigenvalue weighted by Crippen LogP contribution is -2.43. The lowest BCUT2D eigenvalue weighted by Gasteiger charge is -2.25. The summed E-state index contributed by atoms with van der Waals surface area (Å²) in [6, 6.07) is 0. The van der Waals surface area contributed by atoms with Gasteiger partial charge in [-0.2, -0.15) is 4.31 Å². The summed E-state index contributed by atoms with van der Waals surface area (Å²) in [6.45, 7) is 3.99. The van der Waals surface area contributed by atoms with E-state index in [1.54, 1.807) is 0 Å². The van der Waals surface area contributed by atoms with Crippen molar-refractivity contribution in [2.45, 2.75) is 45.4 Å². The number of rotatable bonds is 6. The molecular weight excluding hydrogens is 264 g/mol. The van der Waals surface area contributed by atoms with Gasteiger partial charge in [0.05, 0.1) is 12.8 Å². The van der Waals surface area contributed by atoms with Crippen molar-refractivity contribution in [3.8, 4) is 0 Å². The molecule has 5 nitrogen and oxygen atoms in total. The number of amides is 1. The van der Waals surface area contributed by atoms with Crippen molar-refractivity contribution in [1.29, 1.82) is 0 Å². The topological polar surface area (TPSA) is 57.7 Å². The summed E-state index contributed by atoms with van der Waals surface area (Å²) in [6.07, 6.45) is 7.27. The second-order valence-electron chi connectivity index (χ2n) is 5.25. The Morgan fingerprint density at radius 3 is 2.21 bits per heavy atom. The highest BCUT2D eigenvalue weighted by molar-refractivity contribution is 7.88. The zero-order valence-electron chi connectivity index (χ0n) is 12.1. The maximum absolute atomic E-state index is 12.2. The molecule has 0 N–H and O–H groups in total. The van der Waals surface area contributed by atoms with Gasteiger partial charge < -0.3 is 4.90 Å². The molecule has 0 unspecified atom stereocenters. The third kappa shape index (κ3) is 5.91. The highest BCUT2D eigenvalue weighted by Crippen LogP contribution is 2.11. The van der Waals surface area contributed by atoms with Crippen LogP contribution in [0, 0.1) is 0 Å². The molecule has 19 heavy (non-hydrogen) atoms. The second-order valence-corrected chi connectivity index (χ2v) is 7.23. The molecule has 0 spiro atoms. The van der Waals surface area contributed by atoms with E-state index in [1.807, 2.05) is 11.8 Å². The fraction of sp³-hybridized carbons (Fsp3) is 0.923. The molecule has 0 atom stereocenters. The SMILES string of the molecule is CCCCN(CC(=O)N1CCCCCC1)S(C)(=O)=O. The van der Waals surface area contributed by atoms with Gasteiger partial charge in [-0.1, -0.05) is 26.2 Å². The van der Waals surface area contributed by atoms with Gasteiger partial charge in [0.2, 0.25) is 15.9 Å². The summed E-state index contributed by atoms with van der Waals surface area (Å²) in [5, 5.41) is 0. The molecule has 1 saturated heterocycles. The van der Waals surface area contributed by atoms with E-state index >= 15 is 0 Å². The number of likely N-dealkylation sites (tertiary alicyclic amines) is 1. The van der Waals surface area contributed by atoms with Gasteiger partial charge in [-0.05, 0) is 19.3 Å². The molecule has 0 aromatic carbocycles. The van der Waals surface area contributed by atoms with Crippen LogP contribution in [0.15, 0.2) is 0 Å². The molecule has 1 aliphatic rings. The number of hydrogen-bond acceptors (Lipinski definition) is 3. The first-order chi connectivity index (χ1) is 8.95. The minimum atomic E-state index is -3.29. The molecule has 0 radical (unpaired) electrons. The van der Waals surface area contributed by atoms with Gasteiger partial charge in [-0.15, -0.1) is 0 Å². The van der Waals surface area contributed by atoms with Crippen molar-refractivity contribution in [3.05, 3.63) is 0 Å². The molecule has 6 heteroatoms. The van der Waals surface area contributed by atoms with Crippen LogP contribution in [-0.2, 0) is 14.8 Å². The van der Waals surface area contributed by atoms with Gasteiger partial charge in [-0.25, -0.2) is 8.42 Å². The quantitative estimate of drug-likeness (QED) is 0.744. The largest absolute Gasteiger partial charge is 0.342 e. The van der Waals surface area contributed by atoms with E-state index in [9.17, 15) is 13.2 Å². The van der Waals surface area contributed by atoms with Crippen LogP contribution in [-0.4, -0.2) is 56.0 Å². The van der Waals surface area contributed by atoms with Crippen molar-refractivity contribution in [1.82, 2.24) is 9.21 Å². The van der Waals surface area contributed by atoms with E-state index in [4.69, 9.17) is 0 Å². The van der Waals surface area contributed by atoms with Crippen molar-refractivity contribution in [2.75, 3.05) is 32.4 Å². The minimum absolute atomic E-state index is 0.00116. The predicted octanol–water partition coefficient (Wildman–Crippen LogP) is 1.45. The summed E-state index contributed by atoms with van der Waals surface area (Å²) in [7, 11) is -3.29. The first-order valence-corrected chi connectivity index (χ1v) is 9.03. The van der Waals surface area contributed by atoms with Crippen LogP contribution in [0.2, 0.25) is 0 Å². The van der Waals surface area contributed by atoms with Crippen LogP contribution in [0.4, 0.5) is 0 Å². The number of carbonyl (C=O) groups is 1. The summed E-state index contributed by atoms with van der Waals surface area (Å²) in [4.78, 5) is 14.0. The summed E-state index contributed by atoms with van der Waals surface area (Å²) in [5.74, 6) is -0.0524. The van der Waals surface area contributed by atoms with E-state index < -0.39 is 10.0 Å². The van der Waals surface area contributed by atoms with Crippen LogP contribution in [0.3, 0.4) is 0 Å². The van der Waals surface area contributed by atoms with Gasteiger partial charge >= 0.3 is 0 Å². The first-order valence-electron chi connectivity index (χ1n) is 7.18. The molecule has 0 aromatic rings. The Labute approximate surface area is 117 Å². The van der Waals surface area contributed by atoms with Crippen LogP contribution < -0.4 is 0 Å². The molecular formula is C13H26N2O3S. The van der Waals surface area contributed by atoms with Gasteiger partial charge in [0.15, 0.2) is 0 Å². The molecule has 0 aromatic heterocycles. The Bertz CT molecular complexity index is 373. The lowest BCUT2D eigenvalue weighted by molar-refractivity contribution is -0.131. The third-order valence-corrected chi connectivity index (χ3v) is 4.75. The van der Waals surface area contributed by atoms with Crippen LogP contribution >= 0.6 is 0 Å². The predicted molar refractivity (Wildman–Crippen MR) is 76.4 cm³/mol. The highest BCUT2D eigenvalue weighted by atomic mass is 32.2. The third-order valence-electron chi connectivity index (χ3n) is 3.50. The molecule has 1 fully saturated rings. The first kappa shape index (κ1) is 16.4. The van der Waals surface area contributed by atoms with Gasteiger partial charge in [0.1, 0.15) is 0 Å². The van der Waals surface area contributed by atoms with E-state index in [1.165, 1.54) is 10.6 Å². The standard InChI is InChI=1S/C13H26N2O3S/c1-3-4-11-15(19(2,17)18)12-13(16)14-9-7-5-6-8-10-14/h3-12H2,1-2H3. The monoisotopic (exact) mass is 290 g/mol. The molecule has 0 aliphatic carbocycles. The van der Waals surface area contributed by atoms with Crippen molar-refractivity contribution in [3.63, 3.8) is 0 Å². The highest BCUT2D eigenvalue weighted by Gasteiger charge is 2.23. The number of hydrogen-bond donors (Lipinski definition) is 0. The fourth-order valence-corrected chi connectivity index (χ4v) is 3.07. The summed E-state index contributed by atoms with van der Waals surface area (Å²) in [5.41, 5.74) is 0. The van der Waals surface area contributed by atoms with Gasteiger partial charge in [-0.3, -0.25) is 4.79 Å². The Kier molecular flexibility index (Phi) is 6.79. The Hall–Kier alpha value is -0.620. The Morgan fingerprint density at radius 1 is 1.16 bits per heavy atom. The van der Waals surface area contributed by atoms with E-state index in [2.05, 4.69) is 0 Å². The number of unbranched alkanes of at least 4 members (excludes halogenated alkanes) is 1. The molecule has 1 aliphatic heterocycles. The molecule has 0 saturated carbocycles. The van der Waals surface area contributed by atoms with Crippen molar-refractivity contribution in [2.24, 2.45) is 0 Å². The van der Waals surface area contributed by atoms with Crippen molar-refractivity contribution < 1.29 is 13.2 Å². The van der Waals surface area contributed by atoms with Crippen LogP contribution in [0.25, 0.3) is 0 Å². The van der Waals surface area contributed by atoms with Crippen LogP contribution in [0.5, 0.6) is 0 Å². The lowest BCUT2D eigenvalue weighted by atomic mass is 10.2. The number of nitrogens with zero attached hydrogens (tertiary/aromatic N) is 2. The summed E-state index contributed by atoms with van der Waals surface area (Å²) < 4.78 is 24.7. The summed E-state index contributed by atoms with van der Waals surface area (Å²) >= 11 is 0. The Morgan fingerprint density at radius 2 is 1.74 bits per heavy atom. The average molecular weight is 290 g/mol. The van der Waals surface area contributed by atoms with E-state index in [-0.39, 0.29) is 12.5 Å². The zero-order valence-corrected chi connectivity index (χ0v) is 12.9. The zero-order chi connectivity index (χ0) is 14.3. The molecule has 1 rings (SSSR count). The van der Waals surface area contributed by atoms with Crippen molar-refractivity contribution >= 4 is 15.9 Å². The maximum Gasteiger partial charge on any atom is 0.237 e.